The first kappa shape index (κ1) is 5.53. The van der Waals surface area contributed by atoms with Crippen LogP contribution in [0.3, 0.4) is 0 Å². The summed E-state index contributed by atoms with van der Waals surface area (Å²) < 4.78 is 6.31. The van der Waals surface area contributed by atoms with Gasteiger partial charge < -0.3 is 4.74 Å². The Hall–Kier alpha value is -1.25. The van der Waals surface area contributed by atoms with Crippen LogP contribution in [0.1, 0.15) is 5.69 Å². The molecule has 0 amide bonds. The molecule has 2 heterocycles. The van der Waals surface area contributed by atoms with E-state index >= 15 is 0 Å². The van der Waals surface area contributed by atoms with Crippen molar-refractivity contribution in [2.45, 2.75) is 6.42 Å². The molecule has 0 spiro atoms. The third kappa shape index (κ3) is 0.635. The highest BCUT2D eigenvalue weighted by Crippen LogP contribution is 2.19. The summed E-state index contributed by atoms with van der Waals surface area (Å²) >= 11 is 0. The van der Waals surface area contributed by atoms with Crippen LogP contribution in [0.15, 0.2) is 18.3 Å². The van der Waals surface area contributed by atoms with Gasteiger partial charge in [0, 0.05) is 10.8 Å². The second kappa shape index (κ2) is 1.87. The van der Waals surface area contributed by atoms with Crippen molar-refractivity contribution >= 4 is 0 Å². The fourth-order valence-corrected chi connectivity index (χ4v) is 1.14. The zero-order valence-corrected chi connectivity index (χ0v) is 5.45. The molecule has 1 aliphatic rings. The molecule has 0 unspecified atom stereocenters. The fourth-order valence-electron chi connectivity index (χ4n) is 1.14. The maximum Gasteiger partial charge on any atom is 0.278 e. The molecule has 0 atom stereocenters. The van der Waals surface area contributed by atoms with Gasteiger partial charge in [0.2, 0.25) is 6.20 Å². The molecule has 0 radical (unpaired) electrons. The normalized spacial score (nSPS) is 14.4. The number of nitrogens with zero attached hydrogens (tertiary/aromatic N) is 1. The molecule has 0 aromatic carbocycles. The molecule has 1 aromatic heterocycles. The molecule has 0 fully saturated rings. The molecule has 1 aliphatic heterocycles. The van der Waals surface area contributed by atoms with Crippen molar-refractivity contribution in [3.63, 3.8) is 0 Å². The van der Waals surface area contributed by atoms with Crippen LogP contribution in [-0.2, 0) is 6.42 Å². The Kier molecular flexibility index (Phi) is 1.03. The van der Waals surface area contributed by atoms with Gasteiger partial charge in [-0.3, -0.25) is 5.21 Å². The number of hydrogen-bond acceptors (Lipinski definition) is 2. The number of pyridine rings is 1. The van der Waals surface area contributed by atoms with Crippen molar-refractivity contribution in [3.8, 4) is 5.75 Å². The standard InChI is InChI=1S/C7H8NO2/c9-8-4-1-2-7-6(8)3-5-10-7/h1-2,4,9H,3,5H2/q+1. The number of ether oxygens (including phenoxy) is 1. The van der Waals surface area contributed by atoms with Crippen molar-refractivity contribution < 1.29 is 14.7 Å². The lowest BCUT2D eigenvalue weighted by molar-refractivity contribution is -0.909. The van der Waals surface area contributed by atoms with E-state index in [9.17, 15) is 0 Å². The van der Waals surface area contributed by atoms with Crippen LogP contribution in [0.5, 0.6) is 5.75 Å². The second-order valence-electron chi connectivity index (χ2n) is 2.26. The number of aromatic nitrogens is 1. The van der Waals surface area contributed by atoms with Crippen LogP contribution in [0.4, 0.5) is 0 Å². The second-order valence-corrected chi connectivity index (χ2v) is 2.26. The van der Waals surface area contributed by atoms with Gasteiger partial charge in [-0.05, 0) is 6.07 Å². The topological polar surface area (TPSA) is 33.3 Å². The Morgan fingerprint density at radius 3 is 3.30 bits per heavy atom. The quantitative estimate of drug-likeness (QED) is 0.409. The molecule has 1 aromatic rings. The summed E-state index contributed by atoms with van der Waals surface area (Å²) in [6, 6.07) is 3.61. The first-order valence-electron chi connectivity index (χ1n) is 3.23. The third-order valence-corrected chi connectivity index (χ3v) is 1.63. The lowest BCUT2D eigenvalue weighted by atomic mass is 10.3. The van der Waals surface area contributed by atoms with Crippen molar-refractivity contribution in [1.29, 1.82) is 0 Å². The molecule has 3 heteroatoms. The zero-order valence-electron chi connectivity index (χ0n) is 5.45. The van der Waals surface area contributed by atoms with E-state index in [1.165, 1.54) is 0 Å². The van der Waals surface area contributed by atoms with Crippen molar-refractivity contribution in [2.24, 2.45) is 0 Å². The van der Waals surface area contributed by atoms with Crippen LogP contribution < -0.4 is 9.47 Å². The van der Waals surface area contributed by atoms with Crippen LogP contribution in [0, 0.1) is 0 Å². The van der Waals surface area contributed by atoms with E-state index in [-0.39, 0.29) is 0 Å². The summed E-state index contributed by atoms with van der Waals surface area (Å²) in [6.45, 7) is 0.680. The molecule has 2 rings (SSSR count). The van der Waals surface area contributed by atoms with E-state index < -0.39 is 0 Å². The molecule has 1 N–H and O–H groups in total. The van der Waals surface area contributed by atoms with Crippen molar-refractivity contribution in [2.75, 3.05) is 6.61 Å². The predicted octanol–water partition coefficient (Wildman–Crippen LogP) is 0.146. The molecule has 0 saturated carbocycles. The lowest BCUT2D eigenvalue weighted by Gasteiger charge is -1.91. The maximum atomic E-state index is 9.17. The molecule has 3 nitrogen and oxygen atoms in total. The molecule has 52 valence electrons. The number of rotatable bonds is 0. The predicted molar refractivity (Wildman–Crippen MR) is 33.0 cm³/mol. The largest absolute Gasteiger partial charge is 0.486 e. The van der Waals surface area contributed by atoms with Gasteiger partial charge in [-0.2, -0.15) is 0 Å². The first-order chi connectivity index (χ1) is 4.88. The van der Waals surface area contributed by atoms with Crippen molar-refractivity contribution in [3.05, 3.63) is 24.0 Å². The summed E-state index contributed by atoms with van der Waals surface area (Å²) in [5.41, 5.74) is 0.863. The van der Waals surface area contributed by atoms with Gasteiger partial charge in [-0.1, -0.05) is 0 Å². The number of fused-ring (bicyclic) bond motifs is 1. The Balaban J connectivity index is 2.59. The Labute approximate surface area is 58.4 Å². The van der Waals surface area contributed by atoms with Gasteiger partial charge in [-0.25, -0.2) is 0 Å². The molecular formula is C7H8NO2+. The Morgan fingerprint density at radius 1 is 1.60 bits per heavy atom. The minimum atomic E-state index is 0.680. The molecule has 0 aliphatic carbocycles. The molecular weight excluding hydrogens is 130 g/mol. The van der Waals surface area contributed by atoms with E-state index in [1.54, 1.807) is 12.3 Å². The summed E-state index contributed by atoms with van der Waals surface area (Å²) in [6.07, 6.45) is 2.40. The monoisotopic (exact) mass is 138 g/mol. The maximum absolute atomic E-state index is 9.17. The van der Waals surface area contributed by atoms with Gasteiger partial charge in [-0.15, -0.1) is 0 Å². The van der Waals surface area contributed by atoms with Gasteiger partial charge in [0.15, 0.2) is 5.75 Å². The zero-order chi connectivity index (χ0) is 6.97. The van der Waals surface area contributed by atoms with Gasteiger partial charge in [0.05, 0.1) is 13.0 Å². The third-order valence-electron chi connectivity index (χ3n) is 1.63. The first-order valence-corrected chi connectivity index (χ1v) is 3.23. The van der Waals surface area contributed by atoms with Crippen LogP contribution in [-0.4, -0.2) is 11.8 Å². The molecule has 0 bridgehead atoms. The fraction of sp³-hybridized carbons (Fsp3) is 0.286. The minimum absolute atomic E-state index is 0.680. The summed E-state index contributed by atoms with van der Waals surface area (Å²) in [5.74, 6) is 0.796. The molecule has 0 saturated heterocycles. The van der Waals surface area contributed by atoms with E-state index in [0.29, 0.717) is 6.61 Å². The summed E-state index contributed by atoms with van der Waals surface area (Å²) in [5, 5.41) is 9.17. The van der Waals surface area contributed by atoms with E-state index in [1.807, 2.05) is 6.07 Å². The summed E-state index contributed by atoms with van der Waals surface area (Å²) in [4.78, 5) is 0. The Morgan fingerprint density at radius 2 is 2.50 bits per heavy atom. The van der Waals surface area contributed by atoms with Crippen LogP contribution in [0.2, 0.25) is 0 Å². The van der Waals surface area contributed by atoms with E-state index in [2.05, 4.69) is 0 Å². The molecule has 10 heavy (non-hydrogen) atoms. The van der Waals surface area contributed by atoms with Crippen LogP contribution in [0.25, 0.3) is 0 Å². The minimum Gasteiger partial charge on any atom is -0.486 e. The summed E-state index contributed by atoms with van der Waals surface area (Å²) in [7, 11) is 0. The smallest absolute Gasteiger partial charge is 0.278 e. The highest BCUT2D eigenvalue weighted by Gasteiger charge is 2.22. The van der Waals surface area contributed by atoms with E-state index in [0.717, 1.165) is 22.6 Å². The Bertz CT molecular complexity index is 260. The number of hydrogen-bond donors (Lipinski definition) is 1. The average Bonchev–Trinajstić information content (AvgIpc) is 2.36. The van der Waals surface area contributed by atoms with Crippen LogP contribution >= 0.6 is 0 Å². The highest BCUT2D eigenvalue weighted by atomic mass is 16.5. The van der Waals surface area contributed by atoms with Gasteiger partial charge >= 0.3 is 0 Å². The van der Waals surface area contributed by atoms with E-state index in [4.69, 9.17) is 9.94 Å². The SMILES string of the molecule is O[n+]1cccc2c1CCO2. The van der Waals surface area contributed by atoms with Gasteiger partial charge in [0.25, 0.3) is 5.69 Å². The lowest BCUT2D eigenvalue weighted by Crippen LogP contribution is -2.33. The van der Waals surface area contributed by atoms with Crippen molar-refractivity contribution in [1.82, 2.24) is 0 Å². The van der Waals surface area contributed by atoms with Gasteiger partial charge in [0.1, 0.15) is 0 Å². The highest BCUT2D eigenvalue weighted by molar-refractivity contribution is 5.26. The average molecular weight is 138 g/mol.